The van der Waals surface area contributed by atoms with Crippen molar-refractivity contribution in [3.05, 3.63) is 24.0 Å². The zero-order valence-electron chi connectivity index (χ0n) is 10.6. The van der Waals surface area contributed by atoms with Gasteiger partial charge >= 0.3 is 0 Å². The smallest absolute Gasteiger partial charge is 0.258 e. The molecule has 0 aliphatic heterocycles. The first-order valence-electron chi connectivity index (χ1n) is 6.26. The topological polar surface area (TPSA) is 77.2 Å². The molecular weight excluding hydrogens is 230 g/mol. The second-order valence-electron chi connectivity index (χ2n) is 4.80. The minimum atomic E-state index is -0.0721. The molecule has 5 nitrogen and oxygen atoms in total. The number of hydrogen-bond acceptors (Lipinski definition) is 4. The molecule has 0 spiro atoms. The quantitative estimate of drug-likeness (QED) is 0.775. The molecule has 1 aromatic heterocycles. The van der Waals surface area contributed by atoms with E-state index >= 15 is 0 Å². The van der Waals surface area contributed by atoms with Crippen molar-refractivity contribution in [2.24, 2.45) is 5.73 Å². The van der Waals surface area contributed by atoms with E-state index in [1.165, 1.54) is 0 Å². The van der Waals surface area contributed by atoms with Crippen molar-refractivity contribution >= 4 is 5.91 Å². The Labute approximate surface area is 107 Å². The number of hydrogen-bond donors (Lipinski definition) is 2. The average molecular weight is 249 g/mol. The second-order valence-corrected chi connectivity index (χ2v) is 4.80. The van der Waals surface area contributed by atoms with E-state index in [-0.39, 0.29) is 18.6 Å². The largest absolute Gasteiger partial charge is 0.482 e. The molecular formula is C13H19N3O2. The number of carbonyl (C=O) groups is 1. The summed E-state index contributed by atoms with van der Waals surface area (Å²) in [6.07, 6.45) is 4.53. The lowest BCUT2D eigenvalue weighted by Crippen LogP contribution is -2.30. The molecule has 1 atom stereocenters. The zero-order chi connectivity index (χ0) is 13.0. The number of nitrogens with zero attached hydrogens (tertiary/aromatic N) is 1. The average Bonchev–Trinajstić information content (AvgIpc) is 3.11. The Morgan fingerprint density at radius 1 is 1.61 bits per heavy atom. The lowest BCUT2D eigenvalue weighted by molar-refractivity contribution is -0.123. The molecule has 0 aromatic carbocycles. The minimum Gasteiger partial charge on any atom is -0.482 e. The highest BCUT2D eigenvalue weighted by Gasteiger charge is 2.23. The molecule has 18 heavy (non-hydrogen) atoms. The molecule has 1 aliphatic rings. The highest BCUT2D eigenvalue weighted by Crippen LogP contribution is 2.18. The summed E-state index contributed by atoms with van der Waals surface area (Å²) in [7, 11) is 0. The molecule has 1 heterocycles. The van der Waals surface area contributed by atoms with E-state index in [9.17, 15) is 4.79 Å². The zero-order valence-corrected chi connectivity index (χ0v) is 10.6. The molecule has 0 saturated heterocycles. The normalized spacial score (nSPS) is 16.1. The molecule has 1 fully saturated rings. The molecule has 1 aliphatic carbocycles. The van der Waals surface area contributed by atoms with Gasteiger partial charge in [-0.3, -0.25) is 9.78 Å². The third-order valence-corrected chi connectivity index (χ3v) is 2.64. The summed E-state index contributed by atoms with van der Waals surface area (Å²) in [5.41, 5.74) is 6.62. The summed E-state index contributed by atoms with van der Waals surface area (Å²) >= 11 is 0. The van der Waals surface area contributed by atoms with Gasteiger partial charge in [0.25, 0.3) is 5.91 Å². The summed E-state index contributed by atoms with van der Waals surface area (Å²) in [4.78, 5) is 15.6. The maximum Gasteiger partial charge on any atom is 0.258 e. The van der Waals surface area contributed by atoms with Gasteiger partial charge in [-0.2, -0.15) is 0 Å². The fourth-order valence-electron chi connectivity index (χ4n) is 1.59. The Balaban J connectivity index is 1.76. The van der Waals surface area contributed by atoms with Crippen LogP contribution in [0.2, 0.25) is 0 Å². The van der Waals surface area contributed by atoms with Gasteiger partial charge in [0, 0.05) is 24.2 Å². The highest BCUT2D eigenvalue weighted by molar-refractivity contribution is 5.78. The molecule has 1 aromatic rings. The standard InChI is InChI=1S/C13H19N3O2/c1-9(14)6-11-4-5-12(7-15-11)18-8-13(17)16-10-2-3-10/h4-5,7,9-10H,2-3,6,8,14H2,1H3,(H,16,17). The number of ether oxygens (including phenoxy) is 1. The van der Waals surface area contributed by atoms with Crippen LogP contribution in [0, 0.1) is 0 Å². The van der Waals surface area contributed by atoms with Crippen LogP contribution in [0.1, 0.15) is 25.5 Å². The van der Waals surface area contributed by atoms with Gasteiger partial charge in [-0.25, -0.2) is 0 Å². The summed E-state index contributed by atoms with van der Waals surface area (Å²) in [5.74, 6) is 0.534. The van der Waals surface area contributed by atoms with Crippen LogP contribution in [0.5, 0.6) is 5.75 Å². The van der Waals surface area contributed by atoms with Gasteiger partial charge in [0.05, 0.1) is 6.20 Å². The molecule has 1 saturated carbocycles. The van der Waals surface area contributed by atoms with Crippen LogP contribution in [-0.4, -0.2) is 29.6 Å². The van der Waals surface area contributed by atoms with Crippen molar-refractivity contribution in [1.82, 2.24) is 10.3 Å². The van der Waals surface area contributed by atoms with Crippen molar-refractivity contribution in [1.29, 1.82) is 0 Å². The lowest BCUT2D eigenvalue weighted by Gasteiger charge is -2.08. The summed E-state index contributed by atoms with van der Waals surface area (Å²) in [6.45, 7) is 1.99. The van der Waals surface area contributed by atoms with Gasteiger partial charge in [0.2, 0.25) is 0 Å². The Kier molecular flexibility index (Phi) is 4.15. The number of carbonyl (C=O) groups excluding carboxylic acids is 1. The molecule has 1 unspecified atom stereocenters. The van der Waals surface area contributed by atoms with Crippen molar-refractivity contribution in [3.8, 4) is 5.75 Å². The molecule has 2 rings (SSSR count). The summed E-state index contributed by atoms with van der Waals surface area (Å²) in [6, 6.07) is 4.15. The first kappa shape index (κ1) is 12.8. The first-order valence-corrected chi connectivity index (χ1v) is 6.26. The second kappa shape index (κ2) is 5.82. The lowest BCUT2D eigenvalue weighted by atomic mass is 10.2. The molecule has 98 valence electrons. The van der Waals surface area contributed by atoms with Crippen LogP contribution in [0.3, 0.4) is 0 Å². The molecule has 3 N–H and O–H groups in total. The fraction of sp³-hybridized carbons (Fsp3) is 0.538. The Morgan fingerprint density at radius 3 is 2.94 bits per heavy atom. The molecule has 0 bridgehead atoms. The van der Waals surface area contributed by atoms with Gasteiger partial charge < -0.3 is 15.8 Å². The third-order valence-electron chi connectivity index (χ3n) is 2.64. The Hall–Kier alpha value is -1.62. The number of amides is 1. The van der Waals surface area contributed by atoms with Crippen LogP contribution in [0.15, 0.2) is 18.3 Å². The van der Waals surface area contributed by atoms with E-state index in [2.05, 4.69) is 10.3 Å². The van der Waals surface area contributed by atoms with E-state index < -0.39 is 0 Å². The molecule has 5 heteroatoms. The van der Waals surface area contributed by atoms with Crippen LogP contribution in [0.4, 0.5) is 0 Å². The number of rotatable bonds is 6. The van der Waals surface area contributed by atoms with Crippen molar-refractivity contribution in [2.45, 2.75) is 38.3 Å². The maximum atomic E-state index is 11.4. The minimum absolute atomic E-state index is 0.0464. The van der Waals surface area contributed by atoms with Gasteiger partial charge in [-0.05, 0) is 31.9 Å². The van der Waals surface area contributed by atoms with Crippen molar-refractivity contribution in [3.63, 3.8) is 0 Å². The molecule has 1 amide bonds. The SMILES string of the molecule is CC(N)Cc1ccc(OCC(=O)NC2CC2)cn1. The first-order chi connectivity index (χ1) is 8.63. The fourth-order valence-corrected chi connectivity index (χ4v) is 1.59. The van der Waals surface area contributed by atoms with E-state index in [0.29, 0.717) is 11.8 Å². The summed E-state index contributed by atoms with van der Waals surface area (Å²) in [5, 5.41) is 2.86. The molecule has 0 radical (unpaired) electrons. The highest BCUT2D eigenvalue weighted by atomic mass is 16.5. The van der Waals surface area contributed by atoms with Crippen LogP contribution in [0.25, 0.3) is 0 Å². The number of aromatic nitrogens is 1. The number of pyridine rings is 1. The van der Waals surface area contributed by atoms with Gasteiger partial charge in [-0.1, -0.05) is 0 Å². The predicted molar refractivity (Wildman–Crippen MR) is 68.3 cm³/mol. The monoisotopic (exact) mass is 249 g/mol. The summed E-state index contributed by atoms with van der Waals surface area (Å²) < 4.78 is 5.35. The van der Waals surface area contributed by atoms with E-state index in [1.54, 1.807) is 6.20 Å². The van der Waals surface area contributed by atoms with Gasteiger partial charge in [0.1, 0.15) is 5.75 Å². The Morgan fingerprint density at radius 2 is 2.39 bits per heavy atom. The van der Waals surface area contributed by atoms with Crippen LogP contribution >= 0.6 is 0 Å². The Bertz CT molecular complexity index is 399. The van der Waals surface area contributed by atoms with Crippen LogP contribution < -0.4 is 15.8 Å². The van der Waals surface area contributed by atoms with Gasteiger partial charge in [0.15, 0.2) is 6.61 Å². The van der Waals surface area contributed by atoms with Gasteiger partial charge in [-0.15, -0.1) is 0 Å². The van der Waals surface area contributed by atoms with E-state index in [1.807, 2.05) is 19.1 Å². The van der Waals surface area contributed by atoms with Crippen molar-refractivity contribution < 1.29 is 9.53 Å². The number of nitrogens with one attached hydrogen (secondary N) is 1. The predicted octanol–water partition coefficient (Wildman–Crippen LogP) is 0.629. The van der Waals surface area contributed by atoms with E-state index in [0.717, 1.165) is 25.0 Å². The number of nitrogens with two attached hydrogens (primary N) is 1. The third kappa shape index (κ3) is 4.33. The van der Waals surface area contributed by atoms with Crippen LogP contribution in [-0.2, 0) is 11.2 Å². The maximum absolute atomic E-state index is 11.4. The van der Waals surface area contributed by atoms with E-state index in [4.69, 9.17) is 10.5 Å². The van der Waals surface area contributed by atoms with Crippen molar-refractivity contribution in [2.75, 3.05) is 6.61 Å².